The van der Waals surface area contributed by atoms with Crippen LogP contribution in [0.3, 0.4) is 0 Å². The number of amides is 1. The Kier molecular flexibility index (Phi) is 7.00. The molecule has 0 saturated carbocycles. The van der Waals surface area contributed by atoms with E-state index in [4.69, 9.17) is 9.84 Å². The van der Waals surface area contributed by atoms with Crippen molar-refractivity contribution in [3.8, 4) is 5.75 Å². The van der Waals surface area contributed by atoms with Crippen molar-refractivity contribution in [2.75, 3.05) is 26.4 Å². The number of phenols is 1. The second-order valence-corrected chi connectivity index (χ2v) is 6.70. The first-order valence-corrected chi connectivity index (χ1v) is 9.52. The molecular weight excluding hydrogens is 386 g/mol. The summed E-state index contributed by atoms with van der Waals surface area (Å²) in [5.41, 5.74) is 1.36. The number of benzene rings is 2. The van der Waals surface area contributed by atoms with Gasteiger partial charge in [-0.1, -0.05) is 48.5 Å². The maximum atomic E-state index is 12.9. The summed E-state index contributed by atoms with van der Waals surface area (Å²) in [4.78, 5) is 27.0. The number of carbonyl (C=O) groups excluding carboxylic acids is 2. The van der Waals surface area contributed by atoms with Gasteiger partial charge in [0.05, 0.1) is 31.4 Å². The van der Waals surface area contributed by atoms with E-state index in [1.54, 1.807) is 18.2 Å². The number of aromatic hydroxyl groups is 1. The minimum Gasteiger partial charge on any atom is -0.508 e. The molecule has 3 N–H and O–H groups in total. The number of allylic oxidation sites excluding steroid dienone is 1. The summed E-state index contributed by atoms with van der Waals surface area (Å²) in [6.07, 6.45) is 2.95. The average molecular weight is 409 g/mol. The van der Waals surface area contributed by atoms with Gasteiger partial charge in [-0.2, -0.15) is 0 Å². The summed E-state index contributed by atoms with van der Waals surface area (Å²) in [6.45, 7) is 0.229. The monoisotopic (exact) mass is 409 g/mol. The van der Waals surface area contributed by atoms with Crippen LogP contribution < -0.4 is 0 Å². The second kappa shape index (κ2) is 9.87. The van der Waals surface area contributed by atoms with Crippen LogP contribution in [-0.2, 0) is 14.3 Å². The van der Waals surface area contributed by atoms with Gasteiger partial charge in [0.1, 0.15) is 5.75 Å². The third kappa shape index (κ3) is 4.76. The second-order valence-electron chi connectivity index (χ2n) is 6.70. The van der Waals surface area contributed by atoms with E-state index >= 15 is 0 Å². The van der Waals surface area contributed by atoms with Gasteiger partial charge in [0.25, 0.3) is 5.91 Å². The van der Waals surface area contributed by atoms with E-state index in [1.165, 1.54) is 23.1 Å². The fourth-order valence-electron chi connectivity index (χ4n) is 3.29. The molecule has 0 radical (unpaired) electrons. The van der Waals surface area contributed by atoms with Crippen LogP contribution in [0.2, 0.25) is 0 Å². The van der Waals surface area contributed by atoms with E-state index in [0.29, 0.717) is 5.56 Å². The summed E-state index contributed by atoms with van der Waals surface area (Å²) >= 11 is 0. The number of carbonyl (C=O) groups is 2. The van der Waals surface area contributed by atoms with Gasteiger partial charge in [-0.3, -0.25) is 9.59 Å². The lowest BCUT2D eigenvalue weighted by Crippen LogP contribution is -2.34. The van der Waals surface area contributed by atoms with E-state index in [2.05, 4.69) is 0 Å². The predicted molar refractivity (Wildman–Crippen MR) is 111 cm³/mol. The lowest BCUT2D eigenvalue weighted by molar-refractivity contribution is -0.130. The lowest BCUT2D eigenvalue weighted by atomic mass is 9.95. The van der Waals surface area contributed by atoms with Crippen molar-refractivity contribution >= 4 is 17.8 Å². The van der Waals surface area contributed by atoms with Crippen molar-refractivity contribution in [3.63, 3.8) is 0 Å². The number of nitrogens with zero attached hydrogens (tertiary/aromatic N) is 1. The van der Waals surface area contributed by atoms with Crippen LogP contribution in [-0.4, -0.2) is 58.3 Å². The van der Waals surface area contributed by atoms with Crippen LogP contribution in [0, 0.1) is 0 Å². The van der Waals surface area contributed by atoms with E-state index in [9.17, 15) is 19.8 Å². The van der Waals surface area contributed by atoms with E-state index in [-0.39, 0.29) is 37.7 Å². The van der Waals surface area contributed by atoms with Crippen molar-refractivity contribution < 1.29 is 29.6 Å². The SMILES string of the molecule is O=C(/C=C/c1ccccc1)C1=C(O)C(=O)N(CCOCCO)C1c1ccc(O)cc1. The van der Waals surface area contributed by atoms with Crippen molar-refractivity contribution in [1.82, 2.24) is 4.90 Å². The maximum Gasteiger partial charge on any atom is 0.290 e. The molecule has 2 aromatic carbocycles. The van der Waals surface area contributed by atoms with E-state index in [0.717, 1.165) is 5.56 Å². The van der Waals surface area contributed by atoms with Crippen LogP contribution >= 0.6 is 0 Å². The fourth-order valence-corrected chi connectivity index (χ4v) is 3.29. The first-order valence-electron chi connectivity index (χ1n) is 9.52. The number of ether oxygens (including phenoxy) is 1. The average Bonchev–Trinajstić information content (AvgIpc) is 3.01. The van der Waals surface area contributed by atoms with Crippen LogP contribution in [0.4, 0.5) is 0 Å². The smallest absolute Gasteiger partial charge is 0.290 e. The Morgan fingerprint density at radius 3 is 2.40 bits per heavy atom. The highest BCUT2D eigenvalue weighted by atomic mass is 16.5. The fraction of sp³-hybridized carbons (Fsp3) is 0.217. The van der Waals surface area contributed by atoms with E-state index in [1.807, 2.05) is 30.3 Å². The molecule has 30 heavy (non-hydrogen) atoms. The van der Waals surface area contributed by atoms with Gasteiger partial charge in [-0.15, -0.1) is 0 Å². The first kappa shape index (κ1) is 21.3. The van der Waals surface area contributed by atoms with Gasteiger partial charge in [0.15, 0.2) is 11.5 Å². The molecule has 0 spiro atoms. The lowest BCUT2D eigenvalue weighted by Gasteiger charge is -2.26. The van der Waals surface area contributed by atoms with Gasteiger partial charge in [0, 0.05) is 6.54 Å². The number of aliphatic hydroxyl groups is 2. The molecule has 7 nitrogen and oxygen atoms in total. The standard InChI is InChI=1S/C23H23NO6/c25-13-15-30-14-12-24-21(17-7-9-18(26)10-8-17)20(22(28)23(24)29)19(27)11-6-16-4-2-1-3-5-16/h1-11,21,25-26,28H,12-15H2/b11-6+. The molecule has 2 aromatic rings. The summed E-state index contributed by atoms with van der Waals surface area (Å²) < 4.78 is 5.25. The molecule has 1 amide bonds. The van der Waals surface area contributed by atoms with Crippen LogP contribution in [0.25, 0.3) is 6.08 Å². The highest BCUT2D eigenvalue weighted by Crippen LogP contribution is 2.38. The number of hydrogen-bond donors (Lipinski definition) is 3. The number of hydrogen-bond acceptors (Lipinski definition) is 6. The molecule has 1 atom stereocenters. The summed E-state index contributed by atoms with van der Waals surface area (Å²) in [5.74, 6) is -1.71. The number of rotatable bonds is 9. The molecule has 1 aliphatic heterocycles. The third-order valence-electron chi connectivity index (χ3n) is 4.72. The van der Waals surface area contributed by atoms with Gasteiger partial charge >= 0.3 is 0 Å². The Bertz CT molecular complexity index is 949. The third-order valence-corrected chi connectivity index (χ3v) is 4.72. The van der Waals surface area contributed by atoms with E-state index < -0.39 is 23.5 Å². The molecular formula is C23H23NO6. The summed E-state index contributed by atoms with van der Waals surface area (Å²) in [5, 5.41) is 28.9. The van der Waals surface area contributed by atoms with Crippen molar-refractivity contribution in [2.45, 2.75) is 6.04 Å². The highest BCUT2D eigenvalue weighted by molar-refractivity contribution is 6.14. The Morgan fingerprint density at radius 2 is 1.73 bits per heavy atom. The molecule has 156 valence electrons. The van der Waals surface area contributed by atoms with Gasteiger partial charge in [-0.25, -0.2) is 0 Å². The normalized spacial score (nSPS) is 16.6. The molecule has 0 aliphatic carbocycles. The summed E-state index contributed by atoms with van der Waals surface area (Å²) in [6, 6.07) is 14.5. The molecule has 0 bridgehead atoms. The van der Waals surface area contributed by atoms with Gasteiger partial charge in [0.2, 0.25) is 0 Å². The zero-order chi connectivity index (χ0) is 21.5. The molecule has 0 fully saturated rings. The van der Waals surface area contributed by atoms with Crippen molar-refractivity contribution in [1.29, 1.82) is 0 Å². The Labute approximate surface area is 174 Å². The summed E-state index contributed by atoms with van der Waals surface area (Å²) in [7, 11) is 0. The zero-order valence-corrected chi connectivity index (χ0v) is 16.3. The van der Waals surface area contributed by atoms with Crippen molar-refractivity contribution in [2.24, 2.45) is 0 Å². The Balaban J connectivity index is 1.91. The molecule has 0 saturated heterocycles. The molecule has 3 rings (SSSR count). The van der Waals surface area contributed by atoms with Crippen LogP contribution in [0.5, 0.6) is 5.75 Å². The minimum atomic E-state index is -0.816. The van der Waals surface area contributed by atoms with Crippen LogP contribution in [0.1, 0.15) is 17.2 Å². The predicted octanol–water partition coefficient (Wildman–Crippen LogP) is 2.38. The maximum absolute atomic E-state index is 12.9. The highest BCUT2D eigenvalue weighted by Gasteiger charge is 2.42. The number of ketones is 1. The van der Waals surface area contributed by atoms with Gasteiger partial charge < -0.3 is 25.0 Å². The molecule has 1 heterocycles. The van der Waals surface area contributed by atoms with Crippen LogP contribution in [0.15, 0.2) is 72.0 Å². The van der Waals surface area contributed by atoms with Gasteiger partial charge in [-0.05, 0) is 29.3 Å². The quantitative estimate of drug-likeness (QED) is 0.434. The molecule has 1 unspecified atom stereocenters. The first-order chi connectivity index (χ1) is 14.5. The molecule has 7 heteroatoms. The number of phenolic OH excluding ortho intramolecular Hbond substituents is 1. The largest absolute Gasteiger partial charge is 0.508 e. The molecule has 0 aromatic heterocycles. The number of aliphatic hydroxyl groups excluding tert-OH is 2. The Hall–Kier alpha value is -3.42. The molecule has 1 aliphatic rings. The Morgan fingerprint density at radius 1 is 1.03 bits per heavy atom. The zero-order valence-electron chi connectivity index (χ0n) is 16.3. The minimum absolute atomic E-state index is 0.0278. The van der Waals surface area contributed by atoms with Crippen molar-refractivity contribution in [3.05, 3.63) is 83.1 Å². The topological polar surface area (TPSA) is 107 Å².